The van der Waals surface area contributed by atoms with Crippen LogP contribution in [0.2, 0.25) is 0 Å². The van der Waals surface area contributed by atoms with E-state index in [1.54, 1.807) is 6.07 Å². The Morgan fingerprint density at radius 1 is 1.60 bits per heavy atom. The summed E-state index contributed by atoms with van der Waals surface area (Å²) in [7, 11) is 1.38. The highest BCUT2D eigenvalue weighted by Gasteiger charge is 2.14. The van der Waals surface area contributed by atoms with Gasteiger partial charge in [-0.05, 0) is 12.1 Å². The Morgan fingerprint density at radius 2 is 2.33 bits per heavy atom. The maximum atomic E-state index is 10.7. The zero-order valence-corrected chi connectivity index (χ0v) is 8.19. The van der Waals surface area contributed by atoms with Crippen LogP contribution < -0.4 is 10.5 Å². The molecular formula is C10H10N2O3. The minimum Gasteiger partial charge on any atom is -0.490 e. The monoisotopic (exact) mass is 206 g/mol. The second-order valence-corrected chi connectivity index (χ2v) is 2.65. The number of hydrogen-bond donors (Lipinski definition) is 1. The van der Waals surface area contributed by atoms with Gasteiger partial charge < -0.3 is 10.5 Å². The molecule has 0 aromatic heterocycles. The number of methoxy groups -OCH3 is 1. The molecule has 0 saturated carbocycles. The quantitative estimate of drug-likeness (QED) is 0.443. The summed E-state index contributed by atoms with van der Waals surface area (Å²) < 4.78 is 4.85. The number of hydrogen-bond acceptors (Lipinski definition) is 4. The van der Waals surface area contributed by atoms with Crippen molar-refractivity contribution in [3.05, 3.63) is 33.9 Å². The average Bonchev–Trinajstić information content (AvgIpc) is 2.25. The van der Waals surface area contributed by atoms with Gasteiger partial charge in [-0.1, -0.05) is 11.8 Å². The third-order valence-corrected chi connectivity index (χ3v) is 1.71. The van der Waals surface area contributed by atoms with E-state index in [1.165, 1.54) is 19.2 Å². The second-order valence-electron chi connectivity index (χ2n) is 2.65. The smallest absolute Gasteiger partial charge is 0.312 e. The van der Waals surface area contributed by atoms with Gasteiger partial charge >= 0.3 is 5.69 Å². The van der Waals surface area contributed by atoms with E-state index in [1.807, 2.05) is 0 Å². The van der Waals surface area contributed by atoms with E-state index < -0.39 is 4.92 Å². The summed E-state index contributed by atoms with van der Waals surface area (Å²) in [6.07, 6.45) is 0. The molecule has 0 atom stereocenters. The summed E-state index contributed by atoms with van der Waals surface area (Å²) in [5, 5.41) is 10.7. The standard InChI is InChI=1S/C10H10N2O3/c1-15-10-5-4-8(3-2-6-11)7-9(10)12(13)14/h4-5,7H,6,11H2,1H3. The lowest BCUT2D eigenvalue weighted by atomic mass is 10.2. The Morgan fingerprint density at radius 3 is 2.87 bits per heavy atom. The zero-order chi connectivity index (χ0) is 11.3. The summed E-state index contributed by atoms with van der Waals surface area (Å²) >= 11 is 0. The van der Waals surface area contributed by atoms with Gasteiger partial charge in [0, 0.05) is 11.6 Å². The highest BCUT2D eigenvalue weighted by atomic mass is 16.6. The van der Waals surface area contributed by atoms with Crippen LogP contribution in [0.5, 0.6) is 5.75 Å². The summed E-state index contributed by atoms with van der Waals surface area (Å²) in [6, 6.07) is 4.52. The first-order chi connectivity index (χ1) is 7.19. The number of nitrogens with zero attached hydrogens (tertiary/aromatic N) is 1. The van der Waals surface area contributed by atoms with E-state index >= 15 is 0 Å². The van der Waals surface area contributed by atoms with Gasteiger partial charge in [0.25, 0.3) is 0 Å². The Bertz CT molecular complexity index is 432. The van der Waals surface area contributed by atoms with Gasteiger partial charge in [-0.25, -0.2) is 0 Å². The van der Waals surface area contributed by atoms with Crippen molar-refractivity contribution in [1.82, 2.24) is 0 Å². The van der Waals surface area contributed by atoms with Crippen molar-refractivity contribution in [3.63, 3.8) is 0 Å². The Kier molecular flexibility index (Phi) is 3.66. The molecule has 0 amide bonds. The third-order valence-electron chi connectivity index (χ3n) is 1.71. The molecule has 1 aromatic rings. The van der Waals surface area contributed by atoms with E-state index in [-0.39, 0.29) is 18.0 Å². The van der Waals surface area contributed by atoms with Gasteiger partial charge in [-0.2, -0.15) is 0 Å². The van der Waals surface area contributed by atoms with Crippen molar-refractivity contribution >= 4 is 5.69 Å². The molecule has 2 N–H and O–H groups in total. The van der Waals surface area contributed by atoms with Crippen molar-refractivity contribution in [1.29, 1.82) is 0 Å². The van der Waals surface area contributed by atoms with Gasteiger partial charge in [-0.15, -0.1) is 0 Å². The van der Waals surface area contributed by atoms with Crippen molar-refractivity contribution < 1.29 is 9.66 Å². The molecule has 0 heterocycles. The van der Waals surface area contributed by atoms with E-state index in [9.17, 15) is 10.1 Å². The van der Waals surface area contributed by atoms with E-state index in [0.29, 0.717) is 5.56 Å². The highest BCUT2D eigenvalue weighted by molar-refractivity contribution is 5.52. The zero-order valence-electron chi connectivity index (χ0n) is 8.19. The van der Waals surface area contributed by atoms with E-state index in [2.05, 4.69) is 11.8 Å². The fourth-order valence-electron chi connectivity index (χ4n) is 1.06. The largest absolute Gasteiger partial charge is 0.490 e. The van der Waals surface area contributed by atoms with Crippen LogP contribution in [0.1, 0.15) is 5.56 Å². The van der Waals surface area contributed by atoms with Crippen LogP contribution >= 0.6 is 0 Å². The molecule has 5 heteroatoms. The third kappa shape index (κ3) is 2.69. The Hall–Kier alpha value is -2.06. The maximum absolute atomic E-state index is 10.7. The molecule has 1 aromatic carbocycles. The summed E-state index contributed by atoms with van der Waals surface area (Å²) in [4.78, 5) is 10.2. The molecule has 0 aliphatic carbocycles. The number of nitro groups is 1. The molecule has 0 bridgehead atoms. The van der Waals surface area contributed by atoms with Crippen LogP contribution in [-0.2, 0) is 0 Å². The minimum absolute atomic E-state index is 0.0960. The SMILES string of the molecule is COc1ccc(C#CCN)cc1[N+](=O)[O-]. The van der Waals surface area contributed by atoms with Gasteiger partial charge in [0.2, 0.25) is 0 Å². The van der Waals surface area contributed by atoms with Gasteiger partial charge in [0.05, 0.1) is 18.6 Å². The molecule has 1 rings (SSSR count). The molecule has 0 spiro atoms. The molecule has 0 aliphatic heterocycles. The predicted octanol–water partition coefficient (Wildman–Crippen LogP) is 0.914. The van der Waals surface area contributed by atoms with Crippen LogP contribution in [0, 0.1) is 22.0 Å². The Balaban J connectivity index is 3.16. The lowest BCUT2D eigenvalue weighted by Crippen LogP contribution is -1.95. The number of nitrogens with two attached hydrogens (primary N) is 1. The van der Waals surface area contributed by atoms with Crippen molar-refractivity contribution in [2.75, 3.05) is 13.7 Å². The van der Waals surface area contributed by atoms with Gasteiger partial charge in [0.1, 0.15) is 0 Å². The topological polar surface area (TPSA) is 78.4 Å². The van der Waals surface area contributed by atoms with Crippen molar-refractivity contribution in [3.8, 4) is 17.6 Å². The van der Waals surface area contributed by atoms with Crippen LogP contribution in [-0.4, -0.2) is 18.6 Å². The number of rotatable bonds is 2. The van der Waals surface area contributed by atoms with Crippen LogP contribution in [0.25, 0.3) is 0 Å². The summed E-state index contributed by atoms with van der Waals surface area (Å²) in [6.45, 7) is 0.222. The maximum Gasteiger partial charge on any atom is 0.312 e. The molecular weight excluding hydrogens is 196 g/mol. The second kappa shape index (κ2) is 4.98. The fourth-order valence-corrected chi connectivity index (χ4v) is 1.06. The molecule has 0 radical (unpaired) electrons. The van der Waals surface area contributed by atoms with Crippen LogP contribution in [0.4, 0.5) is 5.69 Å². The van der Waals surface area contributed by atoms with Crippen molar-refractivity contribution in [2.45, 2.75) is 0 Å². The van der Waals surface area contributed by atoms with E-state index in [0.717, 1.165) is 0 Å². The fraction of sp³-hybridized carbons (Fsp3) is 0.200. The first-order valence-electron chi connectivity index (χ1n) is 4.20. The van der Waals surface area contributed by atoms with Crippen molar-refractivity contribution in [2.24, 2.45) is 5.73 Å². The first-order valence-corrected chi connectivity index (χ1v) is 4.20. The molecule has 0 saturated heterocycles. The van der Waals surface area contributed by atoms with E-state index in [4.69, 9.17) is 10.5 Å². The molecule has 0 aliphatic rings. The van der Waals surface area contributed by atoms with Crippen LogP contribution in [0.3, 0.4) is 0 Å². The highest BCUT2D eigenvalue weighted by Crippen LogP contribution is 2.26. The summed E-state index contributed by atoms with van der Waals surface area (Å²) in [5.74, 6) is 5.56. The molecule has 0 fully saturated rings. The molecule has 0 unspecified atom stereocenters. The van der Waals surface area contributed by atoms with Gasteiger partial charge in [0.15, 0.2) is 5.75 Å². The van der Waals surface area contributed by atoms with Gasteiger partial charge in [-0.3, -0.25) is 10.1 Å². The molecule has 15 heavy (non-hydrogen) atoms. The minimum atomic E-state index is -0.507. The number of ether oxygens (including phenoxy) is 1. The normalized spacial score (nSPS) is 8.93. The summed E-state index contributed by atoms with van der Waals surface area (Å²) in [5.41, 5.74) is 5.65. The lowest BCUT2D eigenvalue weighted by molar-refractivity contribution is -0.385. The molecule has 78 valence electrons. The first kappa shape index (κ1) is 11.0. The Labute approximate surface area is 87.0 Å². The number of nitro benzene ring substituents is 1. The lowest BCUT2D eigenvalue weighted by Gasteiger charge is -2.00. The number of benzene rings is 1. The van der Waals surface area contributed by atoms with Crippen LogP contribution in [0.15, 0.2) is 18.2 Å². The predicted molar refractivity (Wildman–Crippen MR) is 55.6 cm³/mol. The average molecular weight is 206 g/mol. The molecule has 5 nitrogen and oxygen atoms in total.